The van der Waals surface area contributed by atoms with Gasteiger partial charge >= 0.3 is 0 Å². The fourth-order valence-electron chi connectivity index (χ4n) is 3.38. The monoisotopic (exact) mass is 394 g/mol. The minimum absolute atomic E-state index is 0.220. The second-order valence-corrected chi connectivity index (χ2v) is 8.72. The van der Waals surface area contributed by atoms with Gasteiger partial charge in [-0.15, -0.1) is 0 Å². The predicted octanol–water partition coefficient (Wildman–Crippen LogP) is 3.86. The summed E-state index contributed by atoms with van der Waals surface area (Å²) in [7, 11) is -3.46. The zero-order valence-corrected chi connectivity index (χ0v) is 16.3. The van der Waals surface area contributed by atoms with Crippen LogP contribution >= 0.6 is 0 Å². The lowest BCUT2D eigenvalue weighted by Crippen LogP contribution is -2.35. The summed E-state index contributed by atoms with van der Waals surface area (Å²) >= 11 is 0. The molecule has 1 aliphatic rings. The summed E-state index contributed by atoms with van der Waals surface area (Å²) < 4.78 is 26.9. The first-order valence-electron chi connectivity index (χ1n) is 9.38. The molecule has 1 N–H and O–H groups in total. The Balaban J connectivity index is 1.47. The summed E-state index contributed by atoms with van der Waals surface area (Å²) in [5, 5.41) is 6.51. The summed E-state index contributed by atoms with van der Waals surface area (Å²) in [6, 6.07) is 17.4. The number of hydrogen-bond acceptors (Lipinski definition) is 5. The highest BCUT2D eigenvalue weighted by molar-refractivity contribution is 7.89. The molecule has 0 atom stereocenters. The normalized spacial score (nSPS) is 15.9. The predicted molar refractivity (Wildman–Crippen MR) is 112 cm³/mol. The standard InChI is InChI=1S/C21H22N4O2S/c26-28(27,25-13-4-1-5-14-25)19-11-12-21(22-16-19)24-23-15-18-9-6-8-17-7-2-3-10-20(17)18/h2-3,6-12,15-16H,1,4-5,13-14H2,(H,22,24)/b23-15-. The lowest BCUT2D eigenvalue weighted by molar-refractivity contribution is 0.346. The molecule has 0 aliphatic carbocycles. The Kier molecular flexibility index (Phi) is 5.36. The second-order valence-electron chi connectivity index (χ2n) is 6.78. The Bertz CT molecular complexity index is 1080. The molecule has 0 saturated carbocycles. The molecule has 7 heteroatoms. The molecule has 1 saturated heterocycles. The minimum Gasteiger partial charge on any atom is -0.261 e. The highest BCUT2D eigenvalue weighted by atomic mass is 32.2. The molecule has 3 aromatic rings. The van der Waals surface area contributed by atoms with Crippen molar-refractivity contribution in [3.8, 4) is 0 Å². The third kappa shape index (κ3) is 3.90. The molecule has 28 heavy (non-hydrogen) atoms. The van der Waals surface area contributed by atoms with Gasteiger partial charge in [-0.1, -0.05) is 48.9 Å². The van der Waals surface area contributed by atoms with Crippen LogP contribution in [0.2, 0.25) is 0 Å². The number of nitrogens with one attached hydrogen (secondary N) is 1. The summed E-state index contributed by atoms with van der Waals surface area (Å²) in [4.78, 5) is 4.42. The van der Waals surface area contributed by atoms with Crippen molar-refractivity contribution in [3.63, 3.8) is 0 Å². The maximum absolute atomic E-state index is 12.7. The Labute approximate surface area is 165 Å². The molecule has 0 amide bonds. The van der Waals surface area contributed by atoms with Gasteiger partial charge < -0.3 is 0 Å². The van der Waals surface area contributed by atoms with Gasteiger partial charge in [-0.05, 0) is 35.7 Å². The van der Waals surface area contributed by atoms with Crippen molar-refractivity contribution < 1.29 is 8.42 Å². The molecule has 1 fully saturated rings. The third-order valence-electron chi connectivity index (χ3n) is 4.90. The number of aromatic nitrogens is 1. The van der Waals surface area contributed by atoms with Gasteiger partial charge in [-0.2, -0.15) is 9.41 Å². The molecule has 4 rings (SSSR count). The third-order valence-corrected chi connectivity index (χ3v) is 6.78. The first-order valence-corrected chi connectivity index (χ1v) is 10.8. The SMILES string of the molecule is O=S(=O)(c1ccc(N/N=C\c2cccc3ccccc23)nc1)N1CCCCC1. The number of nitrogens with zero attached hydrogens (tertiary/aromatic N) is 3. The van der Waals surface area contributed by atoms with Crippen molar-refractivity contribution in [1.29, 1.82) is 0 Å². The van der Waals surface area contributed by atoms with Gasteiger partial charge in [0.25, 0.3) is 0 Å². The smallest absolute Gasteiger partial charge is 0.244 e. The molecule has 0 unspecified atom stereocenters. The van der Waals surface area contributed by atoms with Gasteiger partial charge in [0.15, 0.2) is 0 Å². The minimum atomic E-state index is -3.46. The lowest BCUT2D eigenvalue weighted by Gasteiger charge is -2.25. The van der Waals surface area contributed by atoms with Crippen LogP contribution in [-0.2, 0) is 10.0 Å². The zero-order chi connectivity index (χ0) is 19.4. The maximum Gasteiger partial charge on any atom is 0.244 e. The highest BCUT2D eigenvalue weighted by Crippen LogP contribution is 2.21. The molecule has 0 bridgehead atoms. The van der Waals surface area contributed by atoms with Crippen molar-refractivity contribution in [2.45, 2.75) is 24.2 Å². The van der Waals surface area contributed by atoms with E-state index < -0.39 is 10.0 Å². The van der Waals surface area contributed by atoms with Crippen LogP contribution in [0.5, 0.6) is 0 Å². The summed E-state index contributed by atoms with van der Waals surface area (Å²) in [5.74, 6) is 0.495. The molecule has 144 valence electrons. The van der Waals surface area contributed by atoms with E-state index in [4.69, 9.17) is 0 Å². The fraction of sp³-hybridized carbons (Fsp3) is 0.238. The van der Waals surface area contributed by atoms with Crippen LogP contribution < -0.4 is 5.43 Å². The molecular formula is C21H22N4O2S. The van der Waals surface area contributed by atoms with E-state index in [0.717, 1.165) is 35.6 Å². The molecule has 1 aromatic heterocycles. The van der Waals surface area contributed by atoms with E-state index in [0.29, 0.717) is 18.9 Å². The number of pyridine rings is 1. The topological polar surface area (TPSA) is 74.7 Å². The highest BCUT2D eigenvalue weighted by Gasteiger charge is 2.26. The van der Waals surface area contributed by atoms with E-state index in [9.17, 15) is 8.42 Å². The molecule has 2 aromatic carbocycles. The van der Waals surface area contributed by atoms with Crippen molar-refractivity contribution in [2.24, 2.45) is 5.10 Å². The van der Waals surface area contributed by atoms with Crippen LogP contribution in [0.25, 0.3) is 10.8 Å². The Morgan fingerprint density at radius 2 is 1.75 bits per heavy atom. The first kappa shape index (κ1) is 18.6. The molecule has 2 heterocycles. The number of benzene rings is 2. The maximum atomic E-state index is 12.7. The van der Waals surface area contributed by atoms with Crippen LogP contribution in [0.3, 0.4) is 0 Å². The molecule has 6 nitrogen and oxygen atoms in total. The van der Waals surface area contributed by atoms with E-state index in [1.165, 1.54) is 6.20 Å². The number of fused-ring (bicyclic) bond motifs is 1. The number of sulfonamides is 1. The van der Waals surface area contributed by atoms with Gasteiger partial charge in [-0.3, -0.25) is 5.43 Å². The van der Waals surface area contributed by atoms with Gasteiger partial charge in [0, 0.05) is 24.8 Å². The second kappa shape index (κ2) is 8.08. The van der Waals surface area contributed by atoms with Crippen molar-refractivity contribution >= 4 is 32.8 Å². The van der Waals surface area contributed by atoms with E-state index >= 15 is 0 Å². The van der Waals surface area contributed by atoms with Gasteiger partial charge in [0.1, 0.15) is 10.7 Å². The summed E-state index contributed by atoms with van der Waals surface area (Å²) in [5.41, 5.74) is 3.86. The van der Waals surface area contributed by atoms with Crippen LogP contribution in [0, 0.1) is 0 Å². The fourth-order valence-corrected chi connectivity index (χ4v) is 4.85. The van der Waals surface area contributed by atoms with Crippen LogP contribution in [0.15, 0.2) is 70.8 Å². The number of rotatable bonds is 5. The summed E-state index contributed by atoms with van der Waals surface area (Å²) in [6.45, 7) is 1.16. The number of anilines is 1. The van der Waals surface area contributed by atoms with Crippen LogP contribution in [-0.4, -0.2) is 37.0 Å². The Hall–Kier alpha value is -2.77. The van der Waals surface area contributed by atoms with Crippen molar-refractivity contribution in [3.05, 3.63) is 66.4 Å². The number of hydrogen-bond donors (Lipinski definition) is 1. The van der Waals surface area contributed by atoms with E-state index in [2.05, 4.69) is 33.7 Å². The van der Waals surface area contributed by atoms with Gasteiger partial charge in [0.05, 0.1) is 6.21 Å². The molecule has 0 radical (unpaired) electrons. The lowest BCUT2D eigenvalue weighted by atomic mass is 10.1. The summed E-state index contributed by atoms with van der Waals surface area (Å²) in [6.07, 6.45) is 6.04. The average Bonchev–Trinajstić information content (AvgIpc) is 2.75. The van der Waals surface area contributed by atoms with Crippen molar-refractivity contribution in [2.75, 3.05) is 18.5 Å². The largest absolute Gasteiger partial charge is 0.261 e. The average molecular weight is 395 g/mol. The Morgan fingerprint density at radius 1 is 0.964 bits per heavy atom. The number of piperidine rings is 1. The Morgan fingerprint density at radius 3 is 2.54 bits per heavy atom. The molecule has 1 aliphatic heterocycles. The van der Waals surface area contributed by atoms with Crippen molar-refractivity contribution in [1.82, 2.24) is 9.29 Å². The van der Waals surface area contributed by atoms with E-state index in [-0.39, 0.29) is 4.90 Å². The first-order chi connectivity index (χ1) is 13.6. The van der Waals surface area contributed by atoms with E-state index in [1.54, 1.807) is 22.7 Å². The molecule has 0 spiro atoms. The number of hydrazone groups is 1. The zero-order valence-electron chi connectivity index (χ0n) is 15.5. The van der Waals surface area contributed by atoms with E-state index in [1.807, 2.05) is 24.3 Å². The molecular weight excluding hydrogens is 372 g/mol. The van der Waals surface area contributed by atoms with Crippen LogP contribution in [0.4, 0.5) is 5.82 Å². The van der Waals surface area contributed by atoms with Crippen LogP contribution in [0.1, 0.15) is 24.8 Å². The van der Waals surface area contributed by atoms with Gasteiger partial charge in [-0.25, -0.2) is 13.4 Å². The van der Waals surface area contributed by atoms with Gasteiger partial charge in [0.2, 0.25) is 10.0 Å². The quantitative estimate of drug-likeness (QED) is 0.527.